The van der Waals surface area contributed by atoms with Gasteiger partial charge in [-0.05, 0) is 12.1 Å². The van der Waals surface area contributed by atoms with E-state index >= 15 is 0 Å². The highest BCUT2D eigenvalue weighted by Crippen LogP contribution is 2.36. The van der Waals surface area contributed by atoms with Crippen molar-refractivity contribution in [3.05, 3.63) is 41.2 Å². The molecule has 0 saturated carbocycles. The smallest absolute Gasteiger partial charge is 0.382 e. The number of nitrogen functional groups attached to an aromatic ring is 1. The van der Waals surface area contributed by atoms with Gasteiger partial charge in [0.2, 0.25) is 0 Å². The predicted molar refractivity (Wildman–Crippen MR) is 66.2 cm³/mol. The fourth-order valence-corrected chi connectivity index (χ4v) is 1.58. The number of aromatic nitrogens is 2. The van der Waals surface area contributed by atoms with Crippen LogP contribution in [-0.4, -0.2) is 9.97 Å². The zero-order valence-corrected chi connectivity index (χ0v) is 10.1. The summed E-state index contributed by atoms with van der Waals surface area (Å²) in [5.41, 5.74) is 4.48. The second-order valence-electron chi connectivity index (χ2n) is 3.59. The third-order valence-electron chi connectivity index (χ3n) is 2.30. The molecule has 2 aromatic rings. The van der Waals surface area contributed by atoms with Crippen molar-refractivity contribution < 1.29 is 13.2 Å². The molecule has 8 heteroatoms. The molecule has 100 valence electrons. The average molecular weight is 289 g/mol. The maximum absolute atomic E-state index is 12.8. The number of hydrogen-bond acceptors (Lipinski definition) is 4. The summed E-state index contributed by atoms with van der Waals surface area (Å²) in [6.45, 7) is 0. The third kappa shape index (κ3) is 2.87. The van der Waals surface area contributed by atoms with E-state index in [4.69, 9.17) is 17.3 Å². The van der Waals surface area contributed by atoms with Gasteiger partial charge in [0.25, 0.3) is 0 Å². The van der Waals surface area contributed by atoms with E-state index in [0.717, 1.165) is 12.4 Å². The van der Waals surface area contributed by atoms with Gasteiger partial charge in [-0.3, -0.25) is 0 Å². The highest BCUT2D eigenvalue weighted by molar-refractivity contribution is 6.35. The number of benzene rings is 1. The second kappa shape index (κ2) is 4.93. The highest BCUT2D eigenvalue weighted by atomic mass is 35.5. The largest absolute Gasteiger partial charge is 0.418 e. The van der Waals surface area contributed by atoms with Crippen molar-refractivity contribution in [2.24, 2.45) is 0 Å². The van der Waals surface area contributed by atoms with E-state index in [1.54, 1.807) is 0 Å². The molecule has 0 spiro atoms. The van der Waals surface area contributed by atoms with Crippen LogP contribution in [0.4, 0.5) is 30.5 Å². The lowest BCUT2D eigenvalue weighted by molar-refractivity contribution is -0.136. The molecule has 4 nitrogen and oxygen atoms in total. The van der Waals surface area contributed by atoms with Gasteiger partial charge in [0, 0.05) is 0 Å². The third-order valence-corrected chi connectivity index (χ3v) is 2.67. The topological polar surface area (TPSA) is 63.8 Å². The molecule has 1 aromatic heterocycles. The van der Waals surface area contributed by atoms with Crippen LogP contribution in [0.3, 0.4) is 0 Å². The van der Waals surface area contributed by atoms with E-state index in [0.29, 0.717) is 0 Å². The SMILES string of the molecule is Nc1ncnc(Nc2ccccc2C(F)(F)F)c1Cl. The summed E-state index contributed by atoms with van der Waals surface area (Å²) in [7, 11) is 0. The normalized spacial score (nSPS) is 11.4. The Hall–Kier alpha value is -2.02. The van der Waals surface area contributed by atoms with Gasteiger partial charge in [-0.1, -0.05) is 23.7 Å². The molecule has 1 aromatic carbocycles. The Morgan fingerprint density at radius 1 is 1.16 bits per heavy atom. The number of halogens is 4. The molecule has 3 N–H and O–H groups in total. The number of nitrogens with zero attached hydrogens (tertiary/aromatic N) is 2. The quantitative estimate of drug-likeness (QED) is 0.888. The lowest BCUT2D eigenvalue weighted by Crippen LogP contribution is -2.09. The van der Waals surface area contributed by atoms with Crippen molar-refractivity contribution in [3.63, 3.8) is 0 Å². The molecule has 0 aliphatic rings. The molecule has 0 atom stereocenters. The Kier molecular flexibility index (Phi) is 3.48. The Morgan fingerprint density at radius 2 is 1.84 bits per heavy atom. The van der Waals surface area contributed by atoms with Gasteiger partial charge in [0.05, 0.1) is 11.3 Å². The molecule has 2 rings (SSSR count). The lowest BCUT2D eigenvalue weighted by Gasteiger charge is -2.14. The summed E-state index contributed by atoms with van der Waals surface area (Å²) < 4.78 is 38.4. The zero-order chi connectivity index (χ0) is 14.0. The van der Waals surface area contributed by atoms with Crippen molar-refractivity contribution in [2.75, 3.05) is 11.1 Å². The Labute approximate surface area is 111 Å². The molecule has 1 heterocycles. The van der Waals surface area contributed by atoms with Gasteiger partial charge in [0.1, 0.15) is 17.2 Å². The molecular weight excluding hydrogens is 281 g/mol. The van der Waals surface area contributed by atoms with Gasteiger partial charge in [-0.25, -0.2) is 9.97 Å². The molecule has 0 radical (unpaired) electrons. The number of nitrogens with one attached hydrogen (secondary N) is 1. The highest BCUT2D eigenvalue weighted by Gasteiger charge is 2.33. The summed E-state index contributed by atoms with van der Waals surface area (Å²) in [5, 5.41) is 2.48. The molecular formula is C11H8ClF3N4. The van der Waals surface area contributed by atoms with Gasteiger partial charge in [0.15, 0.2) is 5.82 Å². The molecule has 19 heavy (non-hydrogen) atoms. The first-order chi connectivity index (χ1) is 8.89. The van der Waals surface area contributed by atoms with Crippen molar-refractivity contribution in [2.45, 2.75) is 6.18 Å². The van der Waals surface area contributed by atoms with E-state index in [1.165, 1.54) is 18.2 Å². The molecule has 0 aliphatic carbocycles. The zero-order valence-electron chi connectivity index (χ0n) is 9.37. The van der Waals surface area contributed by atoms with Crippen LogP contribution in [0.1, 0.15) is 5.56 Å². The summed E-state index contributed by atoms with van der Waals surface area (Å²) in [6, 6.07) is 5.00. The van der Waals surface area contributed by atoms with Gasteiger partial charge < -0.3 is 11.1 Å². The minimum Gasteiger partial charge on any atom is -0.382 e. The van der Waals surface area contributed by atoms with E-state index in [2.05, 4.69) is 15.3 Å². The van der Waals surface area contributed by atoms with Crippen molar-refractivity contribution in [3.8, 4) is 0 Å². The lowest BCUT2D eigenvalue weighted by atomic mass is 10.1. The molecule has 0 amide bonds. The first-order valence-corrected chi connectivity index (χ1v) is 5.46. The van der Waals surface area contributed by atoms with Gasteiger partial charge in [-0.2, -0.15) is 13.2 Å². The summed E-state index contributed by atoms with van der Waals surface area (Å²) in [6.07, 6.45) is -3.37. The summed E-state index contributed by atoms with van der Waals surface area (Å²) >= 11 is 5.82. The van der Waals surface area contributed by atoms with E-state index in [9.17, 15) is 13.2 Å². The number of rotatable bonds is 2. The molecule has 0 aliphatic heterocycles. The van der Waals surface area contributed by atoms with E-state index in [-0.39, 0.29) is 22.3 Å². The maximum Gasteiger partial charge on any atom is 0.418 e. The van der Waals surface area contributed by atoms with Crippen molar-refractivity contribution >= 4 is 28.9 Å². The minimum atomic E-state index is -4.48. The fourth-order valence-electron chi connectivity index (χ4n) is 1.44. The van der Waals surface area contributed by atoms with Crippen LogP contribution in [0, 0.1) is 0 Å². The van der Waals surface area contributed by atoms with Crippen LogP contribution in [0.15, 0.2) is 30.6 Å². The van der Waals surface area contributed by atoms with Crippen LogP contribution in [-0.2, 0) is 6.18 Å². The Bertz CT molecular complexity index is 601. The second-order valence-corrected chi connectivity index (χ2v) is 3.97. The van der Waals surface area contributed by atoms with Gasteiger partial charge in [-0.15, -0.1) is 0 Å². The summed E-state index contributed by atoms with van der Waals surface area (Å²) in [5.74, 6) is 0.00882. The number of alkyl halides is 3. The van der Waals surface area contributed by atoms with Crippen LogP contribution >= 0.6 is 11.6 Å². The predicted octanol–water partition coefficient (Wildman–Crippen LogP) is 3.47. The number of anilines is 3. The summed E-state index contributed by atoms with van der Waals surface area (Å²) in [4.78, 5) is 7.38. The van der Waals surface area contributed by atoms with Crippen molar-refractivity contribution in [1.82, 2.24) is 9.97 Å². The standard InChI is InChI=1S/C11H8ClF3N4/c12-8-9(16)17-5-18-10(8)19-7-4-2-1-3-6(7)11(13,14)15/h1-5H,(H3,16,17,18,19). The Morgan fingerprint density at radius 3 is 2.53 bits per heavy atom. The van der Waals surface area contributed by atoms with Crippen LogP contribution in [0.25, 0.3) is 0 Å². The van der Waals surface area contributed by atoms with Crippen LogP contribution in [0.5, 0.6) is 0 Å². The van der Waals surface area contributed by atoms with Gasteiger partial charge >= 0.3 is 6.18 Å². The fraction of sp³-hybridized carbons (Fsp3) is 0.0909. The number of hydrogen-bond donors (Lipinski definition) is 2. The van der Waals surface area contributed by atoms with Crippen LogP contribution < -0.4 is 11.1 Å². The number of nitrogens with two attached hydrogens (primary N) is 1. The molecule has 0 saturated heterocycles. The average Bonchev–Trinajstić information content (AvgIpc) is 2.34. The Balaban J connectivity index is 2.42. The molecule has 0 fully saturated rings. The number of para-hydroxylation sites is 1. The van der Waals surface area contributed by atoms with E-state index in [1.807, 2.05) is 0 Å². The molecule has 0 bridgehead atoms. The monoisotopic (exact) mass is 288 g/mol. The van der Waals surface area contributed by atoms with Crippen LogP contribution in [0.2, 0.25) is 5.02 Å². The first kappa shape index (κ1) is 13.4. The van der Waals surface area contributed by atoms with Crippen molar-refractivity contribution in [1.29, 1.82) is 0 Å². The first-order valence-electron chi connectivity index (χ1n) is 5.09. The minimum absolute atomic E-state index is 0.0105. The van der Waals surface area contributed by atoms with E-state index < -0.39 is 11.7 Å². The maximum atomic E-state index is 12.8. The molecule has 0 unspecified atom stereocenters.